The summed E-state index contributed by atoms with van der Waals surface area (Å²) in [6.07, 6.45) is 4.33. The maximum atomic E-state index is 11.5. The predicted molar refractivity (Wildman–Crippen MR) is 59.8 cm³/mol. The summed E-state index contributed by atoms with van der Waals surface area (Å²) in [6, 6.07) is 0. The molecular weight excluding hydrogens is 232 g/mol. The Kier molecular flexibility index (Phi) is 2.98. The number of aryl methyl sites for hydroxylation is 1. The average molecular weight is 243 g/mol. The van der Waals surface area contributed by atoms with Gasteiger partial charge >= 0.3 is 5.69 Å². The number of rotatable bonds is 2. The molecule has 0 saturated heterocycles. The number of hydrogen-bond acceptors (Lipinski definition) is 3. The van der Waals surface area contributed by atoms with E-state index in [4.69, 9.17) is 16.3 Å². The van der Waals surface area contributed by atoms with Gasteiger partial charge in [-0.15, -0.1) is 11.6 Å². The smallest absolute Gasteiger partial charge is 0.330 e. The van der Waals surface area contributed by atoms with Crippen LogP contribution in [0, 0.1) is 6.92 Å². The van der Waals surface area contributed by atoms with E-state index in [1.165, 1.54) is 10.8 Å². The van der Waals surface area contributed by atoms with Gasteiger partial charge in [-0.2, -0.15) is 0 Å². The molecule has 0 unspecified atom stereocenters. The number of H-pyrrole nitrogens is 1. The minimum Gasteiger partial charge on any atom is -0.346 e. The van der Waals surface area contributed by atoms with Crippen molar-refractivity contribution in [3.05, 3.63) is 44.8 Å². The van der Waals surface area contributed by atoms with E-state index >= 15 is 0 Å². The maximum Gasteiger partial charge on any atom is 0.330 e. The molecule has 1 N–H and O–H groups in total. The number of aromatic amines is 1. The van der Waals surface area contributed by atoms with Gasteiger partial charge in [0.25, 0.3) is 5.56 Å². The third-order valence-electron chi connectivity index (χ3n) is 2.38. The first-order valence-corrected chi connectivity index (χ1v) is 5.37. The summed E-state index contributed by atoms with van der Waals surface area (Å²) in [7, 11) is 0. The molecule has 5 nitrogen and oxygen atoms in total. The van der Waals surface area contributed by atoms with Crippen molar-refractivity contribution in [1.82, 2.24) is 9.55 Å². The molecule has 0 saturated carbocycles. The van der Waals surface area contributed by atoms with Gasteiger partial charge in [-0.05, 0) is 13.0 Å². The van der Waals surface area contributed by atoms with Crippen LogP contribution in [0.5, 0.6) is 0 Å². The van der Waals surface area contributed by atoms with Crippen LogP contribution < -0.4 is 11.2 Å². The number of nitrogens with zero attached hydrogens (tertiary/aromatic N) is 1. The van der Waals surface area contributed by atoms with Gasteiger partial charge in [-0.25, -0.2) is 4.79 Å². The lowest BCUT2D eigenvalue weighted by atomic mass is 10.3. The van der Waals surface area contributed by atoms with Crippen molar-refractivity contribution in [3.8, 4) is 0 Å². The first kappa shape index (κ1) is 11.2. The lowest BCUT2D eigenvalue weighted by molar-refractivity contribution is 0.0259. The maximum absolute atomic E-state index is 11.5. The Hall–Kier alpha value is -1.33. The highest BCUT2D eigenvalue weighted by Crippen LogP contribution is 2.19. The first-order valence-electron chi connectivity index (χ1n) is 4.83. The Morgan fingerprint density at radius 3 is 2.88 bits per heavy atom. The number of alkyl halides is 1. The van der Waals surface area contributed by atoms with Crippen molar-refractivity contribution in [2.24, 2.45) is 0 Å². The van der Waals surface area contributed by atoms with E-state index in [1.807, 2.05) is 0 Å². The average Bonchev–Trinajstić information content (AvgIpc) is 2.71. The molecule has 0 bridgehead atoms. The van der Waals surface area contributed by atoms with Gasteiger partial charge in [0.15, 0.2) is 6.23 Å². The Morgan fingerprint density at radius 2 is 2.25 bits per heavy atom. The van der Waals surface area contributed by atoms with Crippen LogP contribution in [0.15, 0.2) is 27.9 Å². The summed E-state index contributed by atoms with van der Waals surface area (Å²) >= 11 is 5.64. The van der Waals surface area contributed by atoms with Gasteiger partial charge in [-0.3, -0.25) is 14.3 Å². The molecule has 1 aliphatic rings. The molecule has 2 rings (SSSR count). The highest BCUT2D eigenvalue weighted by molar-refractivity contribution is 6.18. The molecule has 1 aliphatic heterocycles. The summed E-state index contributed by atoms with van der Waals surface area (Å²) in [5, 5.41) is 0. The van der Waals surface area contributed by atoms with Crippen molar-refractivity contribution in [2.75, 3.05) is 5.88 Å². The monoisotopic (exact) mass is 242 g/mol. The Labute approximate surface area is 96.3 Å². The zero-order valence-corrected chi connectivity index (χ0v) is 9.40. The molecule has 0 fully saturated rings. The summed E-state index contributed by atoms with van der Waals surface area (Å²) in [6.45, 7) is 1.63. The van der Waals surface area contributed by atoms with E-state index in [2.05, 4.69) is 4.98 Å². The van der Waals surface area contributed by atoms with E-state index < -0.39 is 11.9 Å². The standard InChI is InChI=1S/C10H11ClN2O3/c1-6-5-13(10(15)12-9(6)14)8-3-2-7(4-11)16-8/h2-3,5,7-8H,4H2,1H3,(H,12,14,15)/t7-,8+/m0/s1. The Bertz CT molecular complexity index is 532. The predicted octanol–water partition coefficient (Wildman–Crippen LogP) is 0.537. The second-order valence-electron chi connectivity index (χ2n) is 3.58. The van der Waals surface area contributed by atoms with Crippen LogP contribution in [0.4, 0.5) is 0 Å². The van der Waals surface area contributed by atoms with Crippen molar-refractivity contribution in [1.29, 1.82) is 0 Å². The largest absolute Gasteiger partial charge is 0.346 e. The van der Waals surface area contributed by atoms with Gasteiger partial charge in [0.1, 0.15) is 0 Å². The van der Waals surface area contributed by atoms with Gasteiger partial charge in [0.2, 0.25) is 0 Å². The highest BCUT2D eigenvalue weighted by atomic mass is 35.5. The number of nitrogens with one attached hydrogen (secondary N) is 1. The molecule has 6 heteroatoms. The summed E-state index contributed by atoms with van der Waals surface area (Å²) in [5.74, 6) is 0.337. The van der Waals surface area contributed by atoms with Crippen molar-refractivity contribution >= 4 is 11.6 Å². The topological polar surface area (TPSA) is 64.1 Å². The van der Waals surface area contributed by atoms with Crippen LogP contribution in [0.2, 0.25) is 0 Å². The van der Waals surface area contributed by atoms with E-state index in [0.717, 1.165) is 0 Å². The quantitative estimate of drug-likeness (QED) is 0.608. The molecule has 1 aromatic rings. The molecule has 0 amide bonds. The zero-order chi connectivity index (χ0) is 11.7. The number of ether oxygens (including phenoxy) is 1. The van der Waals surface area contributed by atoms with Crippen LogP contribution in [0.25, 0.3) is 0 Å². The van der Waals surface area contributed by atoms with E-state index in [0.29, 0.717) is 11.4 Å². The van der Waals surface area contributed by atoms with Crippen molar-refractivity contribution in [2.45, 2.75) is 19.3 Å². The number of hydrogen-bond donors (Lipinski definition) is 1. The molecule has 0 aliphatic carbocycles. The molecule has 1 aromatic heterocycles. The fourth-order valence-corrected chi connectivity index (χ4v) is 1.69. The van der Waals surface area contributed by atoms with E-state index in [-0.39, 0.29) is 11.7 Å². The SMILES string of the molecule is Cc1cn([C@H]2C=C[C@@H](CCl)O2)c(=O)[nH]c1=O. The minimum absolute atomic E-state index is 0.189. The lowest BCUT2D eigenvalue weighted by Gasteiger charge is -2.14. The van der Waals surface area contributed by atoms with Crippen LogP contribution in [0.1, 0.15) is 11.8 Å². The Balaban J connectivity index is 2.36. The van der Waals surface area contributed by atoms with Gasteiger partial charge < -0.3 is 4.74 Å². The van der Waals surface area contributed by atoms with Crippen LogP contribution in [0.3, 0.4) is 0 Å². The molecule has 86 valence electrons. The zero-order valence-electron chi connectivity index (χ0n) is 8.64. The van der Waals surface area contributed by atoms with Crippen LogP contribution in [-0.2, 0) is 4.74 Å². The molecule has 0 aromatic carbocycles. The van der Waals surface area contributed by atoms with Crippen LogP contribution >= 0.6 is 11.6 Å². The second-order valence-corrected chi connectivity index (χ2v) is 3.89. The van der Waals surface area contributed by atoms with Gasteiger partial charge in [-0.1, -0.05) is 6.08 Å². The molecule has 2 heterocycles. The fraction of sp³-hybridized carbons (Fsp3) is 0.400. The van der Waals surface area contributed by atoms with Crippen LogP contribution in [-0.4, -0.2) is 21.5 Å². The van der Waals surface area contributed by atoms with Crippen molar-refractivity contribution < 1.29 is 4.74 Å². The first-order chi connectivity index (χ1) is 7.61. The normalized spacial score (nSPS) is 23.9. The van der Waals surface area contributed by atoms with Gasteiger partial charge in [0, 0.05) is 11.8 Å². The Morgan fingerprint density at radius 1 is 1.50 bits per heavy atom. The summed E-state index contributed by atoms with van der Waals surface area (Å²) in [5.41, 5.74) is -0.400. The number of aromatic nitrogens is 2. The van der Waals surface area contributed by atoms with Crippen molar-refractivity contribution in [3.63, 3.8) is 0 Å². The second kappa shape index (κ2) is 4.27. The highest BCUT2D eigenvalue weighted by Gasteiger charge is 2.20. The lowest BCUT2D eigenvalue weighted by Crippen LogP contribution is -2.33. The molecule has 2 atom stereocenters. The number of halogens is 1. The summed E-state index contributed by atoms with van der Waals surface area (Å²) < 4.78 is 6.80. The third-order valence-corrected chi connectivity index (χ3v) is 2.68. The van der Waals surface area contributed by atoms with E-state index in [1.54, 1.807) is 19.1 Å². The molecule has 16 heavy (non-hydrogen) atoms. The molecule has 0 spiro atoms. The minimum atomic E-state index is -0.494. The summed E-state index contributed by atoms with van der Waals surface area (Å²) in [4.78, 5) is 24.9. The van der Waals surface area contributed by atoms with Gasteiger partial charge in [0.05, 0.1) is 12.0 Å². The molecular formula is C10H11ClN2O3. The fourth-order valence-electron chi connectivity index (χ4n) is 1.51. The third kappa shape index (κ3) is 1.96. The van der Waals surface area contributed by atoms with E-state index in [9.17, 15) is 9.59 Å². The molecule has 0 radical (unpaired) electrons.